The van der Waals surface area contributed by atoms with Crippen LogP contribution in [0.3, 0.4) is 0 Å². The standard InChI is InChI=1S/C19H23N3O5/c1-19(2,3)27-18(26)20-9-11-4-5-13-12(8-11)10-22(17(13)25)14-6-7-15(23)21-16(14)24/h4-5,8,14H,6-7,9-10H2,1-3H3,(H,20,26)(H,21,23,24)/i7D2. The van der Waals surface area contributed by atoms with E-state index in [-0.39, 0.29) is 19.5 Å². The maximum absolute atomic E-state index is 12.7. The van der Waals surface area contributed by atoms with E-state index >= 15 is 0 Å². The Hall–Kier alpha value is -2.90. The zero-order valence-corrected chi connectivity index (χ0v) is 15.4. The molecule has 0 saturated carbocycles. The Morgan fingerprint density at radius 2 is 2.11 bits per heavy atom. The fraction of sp³-hybridized carbons (Fsp3) is 0.474. The minimum absolute atomic E-state index is 0.122. The fourth-order valence-corrected chi connectivity index (χ4v) is 3.02. The van der Waals surface area contributed by atoms with Crippen molar-refractivity contribution in [3.63, 3.8) is 0 Å². The minimum Gasteiger partial charge on any atom is -0.444 e. The SMILES string of the molecule is [2H]C1([2H])CC(N2Cc3cc(CNC(=O)OC(C)(C)C)ccc3C2=O)C(=O)NC1=O. The van der Waals surface area contributed by atoms with E-state index in [1.165, 1.54) is 4.90 Å². The van der Waals surface area contributed by atoms with Crippen molar-refractivity contribution < 1.29 is 26.7 Å². The molecule has 1 unspecified atom stereocenters. The third-order valence-electron chi connectivity index (χ3n) is 4.21. The molecular weight excluding hydrogens is 350 g/mol. The molecule has 8 nitrogen and oxygen atoms in total. The number of carbonyl (C=O) groups excluding carboxylic acids is 4. The van der Waals surface area contributed by atoms with Crippen molar-refractivity contribution >= 4 is 23.8 Å². The summed E-state index contributed by atoms with van der Waals surface area (Å²) in [5.74, 6) is -2.06. The highest BCUT2D eigenvalue weighted by Gasteiger charge is 2.39. The number of hydrogen-bond donors (Lipinski definition) is 2. The van der Waals surface area contributed by atoms with Gasteiger partial charge in [0.05, 0.1) is 0 Å². The maximum Gasteiger partial charge on any atom is 0.407 e. The Labute approximate surface area is 160 Å². The predicted molar refractivity (Wildman–Crippen MR) is 95.6 cm³/mol. The van der Waals surface area contributed by atoms with E-state index in [1.807, 2.05) is 5.32 Å². The first-order valence-corrected chi connectivity index (χ1v) is 8.62. The molecule has 8 heteroatoms. The summed E-state index contributed by atoms with van der Waals surface area (Å²) in [6.07, 6.45) is -3.16. The molecule has 4 amide bonds. The highest BCUT2D eigenvalue weighted by Crippen LogP contribution is 2.28. The third-order valence-corrected chi connectivity index (χ3v) is 4.21. The highest BCUT2D eigenvalue weighted by atomic mass is 16.6. The summed E-state index contributed by atoms with van der Waals surface area (Å²) >= 11 is 0. The van der Waals surface area contributed by atoms with Crippen LogP contribution in [-0.4, -0.2) is 40.4 Å². The Bertz CT molecular complexity index is 894. The van der Waals surface area contributed by atoms with Crippen molar-refractivity contribution in [1.29, 1.82) is 0 Å². The zero-order valence-electron chi connectivity index (χ0n) is 17.4. The number of piperidine rings is 1. The molecule has 3 rings (SSSR count). The Morgan fingerprint density at radius 3 is 2.81 bits per heavy atom. The monoisotopic (exact) mass is 375 g/mol. The molecule has 144 valence electrons. The molecule has 0 radical (unpaired) electrons. The van der Waals surface area contributed by atoms with Gasteiger partial charge in [0.15, 0.2) is 0 Å². The Morgan fingerprint density at radius 1 is 1.37 bits per heavy atom. The minimum atomic E-state index is -2.23. The van der Waals surface area contributed by atoms with Gasteiger partial charge in [-0.3, -0.25) is 19.7 Å². The summed E-state index contributed by atoms with van der Waals surface area (Å²) in [5, 5.41) is 4.64. The first-order valence-electron chi connectivity index (χ1n) is 9.62. The average Bonchev–Trinajstić information content (AvgIpc) is 2.91. The van der Waals surface area contributed by atoms with E-state index in [4.69, 9.17) is 7.48 Å². The van der Waals surface area contributed by atoms with E-state index in [0.717, 1.165) is 5.56 Å². The number of amides is 4. The van der Waals surface area contributed by atoms with Crippen LogP contribution in [0.4, 0.5) is 4.79 Å². The second kappa shape index (κ2) is 7.02. The number of alkyl carbamates (subject to hydrolysis) is 1. The molecule has 2 N–H and O–H groups in total. The first-order chi connectivity index (χ1) is 13.4. The molecule has 1 atom stereocenters. The molecule has 1 aromatic rings. The van der Waals surface area contributed by atoms with Gasteiger partial charge in [-0.1, -0.05) is 12.1 Å². The smallest absolute Gasteiger partial charge is 0.407 e. The van der Waals surface area contributed by atoms with E-state index in [0.29, 0.717) is 11.1 Å². The second-order valence-corrected chi connectivity index (χ2v) is 7.50. The number of nitrogens with zero attached hydrogens (tertiary/aromatic N) is 1. The van der Waals surface area contributed by atoms with Crippen molar-refractivity contribution in [2.45, 2.75) is 58.3 Å². The number of fused-ring (bicyclic) bond motifs is 1. The van der Waals surface area contributed by atoms with Crippen LogP contribution in [0.25, 0.3) is 0 Å². The van der Waals surface area contributed by atoms with E-state index in [1.54, 1.807) is 39.0 Å². The summed E-state index contributed by atoms with van der Waals surface area (Å²) in [4.78, 5) is 49.6. The zero-order chi connectivity index (χ0) is 21.6. The summed E-state index contributed by atoms with van der Waals surface area (Å²) in [6.45, 7) is 5.62. The maximum atomic E-state index is 12.7. The van der Waals surface area contributed by atoms with E-state index in [2.05, 4.69) is 5.32 Å². The number of carbonyl (C=O) groups is 4. The molecule has 27 heavy (non-hydrogen) atoms. The molecule has 1 fully saturated rings. The quantitative estimate of drug-likeness (QED) is 0.779. The number of benzene rings is 1. The van der Waals surface area contributed by atoms with Gasteiger partial charge in [-0.15, -0.1) is 0 Å². The fourth-order valence-electron chi connectivity index (χ4n) is 3.02. The lowest BCUT2D eigenvalue weighted by Crippen LogP contribution is -2.52. The van der Waals surface area contributed by atoms with E-state index < -0.39 is 41.8 Å². The van der Waals surface area contributed by atoms with Crippen LogP contribution in [0.5, 0.6) is 0 Å². The van der Waals surface area contributed by atoms with Crippen LogP contribution < -0.4 is 10.6 Å². The van der Waals surface area contributed by atoms with Crippen molar-refractivity contribution in [1.82, 2.24) is 15.5 Å². The Balaban J connectivity index is 1.70. The van der Waals surface area contributed by atoms with Crippen molar-refractivity contribution in [3.8, 4) is 0 Å². The lowest BCUT2D eigenvalue weighted by molar-refractivity contribution is -0.136. The molecular formula is C19H23N3O5. The molecule has 1 saturated heterocycles. The molecule has 2 heterocycles. The van der Waals surface area contributed by atoms with Gasteiger partial charge in [0, 0.05) is 27.8 Å². The first kappa shape index (κ1) is 16.3. The van der Waals surface area contributed by atoms with Gasteiger partial charge < -0.3 is 15.0 Å². The molecule has 1 aromatic carbocycles. The van der Waals surface area contributed by atoms with Gasteiger partial charge in [0.2, 0.25) is 11.8 Å². The van der Waals surface area contributed by atoms with Gasteiger partial charge in [-0.25, -0.2) is 4.79 Å². The summed E-state index contributed by atoms with van der Waals surface area (Å²) < 4.78 is 20.7. The number of imide groups is 1. The molecule has 0 spiro atoms. The van der Waals surface area contributed by atoms with Crippen LogP contribution in [-0.2, 0) is 27.4 Å². The molecule has 0 aromatic heterocycles. The number of ether oxygens (including phenoxy) is 1. The predicted octanol–water partition coefficient (Wildman–Crippen LogP) is 1.47. The largest absolute Gasteiger partial charge is 0.444 e. The van der Waals surface area contributed by atoms with Crippen LogP contribution in [0, 0.1) is 0 Å². The van der Waals surface area contributed by atoms with Crippen molar-refractivity contribution in [3.05, 3.63) is 34.9 Å². The summed E-state index contributed by atoms with van der Waals surface area (Å²) in [6, 6.07) is 4.00. The third kappa shape index (κ3) is 4.27. The van der Waals surface area contributed by atoms with E-state index in [9.17, 15) is 19.2 Å². The summed E-state index contributed by atoms with van der Waals surface area (Å²) in [5.41, 5.74) is 1.23. The van der Waals surface area contributed by atoms with Gasteiger partial charge in [-0.2, -0.15) is 0 Å². The highest BCUT2D eigenvalue weighted by molar-refractivity contribution is 6.05. The van der Waals surface area contributed by atoms with Crippen LogP contribution in [0.1, 0.15) is 57.8 Å². The second-order valence-electron chi connectivity index (χ2n) is 7.50. The van der Waals surface area contributed by atoms with Crippen molar-refractivity contribution in [2.75, 3.05) is 0 Å². The van der Waals surface area contributed by atoms with Crippen LogP contribution in [0.2, 0.25) is 0 Å². The summed E-state index contributed by atoms with van der Waals surface area (Å²) in [7, 11) is 0. The van der Waals surface area contributed by atoms with Gasteiger partial charge in [0.25, 0.3) is 5.91 Å². The van der Waals surface area contributed by atoms with Gasteiger partial charge in [-0.05, 0) is 44.4 Å². The van der Waals surface area contributed by atoms with Crippen LogP contribution in [0.15, 0.2) is 18.2 Å². The molecule has 2 aliphatic heterocycles. The lowest BCUT2D eigenvalue weighted by Gasteiger charge is -2.29. The molecule has 0 aliphatic carbocycles. The number of nitrogens with one attached hydrogen (secondary N) is 2. The van der Waals surface area contributed by atoms with Gasteiger partial charge >= 0.3 is 6.09 Å². The van der Waals surface area contributed by atoms with Crippen molar-refractivity contribution in [2.24, 2.45) is 0 Å². The average molecular weight is 375 g/mol. The molecule has 0 bridgehead atoms. The Kier molecular flexibility index (Phi) is 4.23. The normalized spacial score (nSPS) is 22.6. The molecule has 2 aliphatic rings. The van der Waals surface area contributed by atoms with Crippen LogP contribution >= 0.6 is 0 Å². The number of rotatable bonds is 3. The number of hydrogen-bond acceptors (Lipinski definition) is 5. The van der Waals surface area contributed by atoms with Gasteiger partial charge in [0.1, 0.15) is 11.6 Å². The topological polar surface area (TPSA) is 105 Å². The lowest BCUT2D eigenvalue weighted by atomic mass is 10.0.